The molecule has 1 unspecified atom stereocenters. The lowest BCUT2D eigenvalue weighted by atomic mass is 9.85. The number of carbonyl (C=O) groups excluding carboxylic acids is 2. The second kappa shape index (κ2) is 7.23. The summed E-state index contributed by atoms with van der Waals surface area (Å²) in [6, 6.07) is -0.639. The molecule has 1 aliphatic rings. The van der Waals surface area contributed by atoms with E-state index in [1.165, 1.54) is 0 Å². The van der Waals surface area contributed by atoms with Crippen LogP contribution in [-0.2, 0) is 14.3 Å². The van der Waals surface area contributed by atoms with Crippen molar-refractivity contribution in [2.24, 2.45) is 5.41 Å². The molecule has 1 atom stereocenters. The van der Waals surface area contributed by atoms with Crippen LogP contribution in [0.1, 0.15) is 39.5 Å². The highest BCUT2D eigenvalue weighted by Crippen LogP contribution is 2.24. The number of carbonyl (C=O) groups is 3. The molecule has 0 aliphatic carbocycles. The molecule has 3 amide bonds. The highest BCUT2D eigenvalue weighted by molar-refractivity contribution is 5.94. The molecule has 0 saturated carbocycles. The number of imide groups is 1. The predicted octanol–water partition coefficient (Wildman–Crippen LogP) is 0.882. The normalized spacial score (nSPS) is 19.2. The number of amides is 3. The number of carboxylic acids is 1. The van der Waals surface area contributed by atoms with Crippen LogP contribution in [-0.4, -0.2) is 42.3 Å². The number of hydrogen-bond acceptors (Lipinski definition) is 4. The highest BCUT2D eigenvalue weighted by Gasteiger charge is 2.26. The Morgan fingerprint density at radius 2 is 2.00 bits per heavy atom. The molecule has 0 aromatic heterocycles. The molecular formula is C13H22N2O5. The van der Waals surface area contributed by atoms with E-state index in [1.807, 2.05) is 0 Å². The van der Waals surface area contributed by atoms with E-state index in [0.29, 0.717) is 13.2 Å². The minimum Gasteiger partial charge on any atom is -0.481 e. The van der Waals surface area contributed by atoms with Crippen molar-refractivity contribution in [3.8, 4) is 0 Å². The van der Waals surface area contributed by atoms with E-state index >= 15 is 0 Å². The van der Waals surface area contributed by atoms with Gasteiger partial charge in [-0.2, -0.15) is 0 Å². The molecule has 1 rings (SSSR count). The van der Waals surface area contributed by atoms with Crippen molar-refractivity contribution in [2.45, 2.75) is 45.6 Å². The van der Waals surface area contributed by atoms with Gasteiger partial charge in [0.05, 0.1) is 19.1 Å². The summed E-state index contributed by atoms with van der Waals surface area (Å²) < 4.78 is 5.22. The maximum absolute atomic E-state index is 11.7. The van der Waals surface area contributed by atoms with Crippen LogP contribution in [0.3, 0.4) is 0 Å². The van der Waals surface area contributed by atoms with Gasteiger partial charge in [0.25, 0.3) is 0 Å². The van der Waals surface area contributed by atoms with Gasteiger partial charge in [-0.05, 0) is 18.3 Å². The molecule has 0 aromatic rings. The summed E-state index contributed by atoms with van der Waals surface area (Å²) in [5.74, 6) is -1.45. The van der Waals surface area contributed by atoms with Crippen molar-refractivity contribution in [3.63, 3.8) is 0 Å². The van der Waals surface area contributed by atoms with Crippen LogP contribution in [0.2, 0.25) is 0 Å². The van der Waals surface area contributed by atoms with Gasteiger partial charge in [-0.25, -0.2) is 4.79 Å². The van der Waals surface area contributed by atoms with E-state index in [9.17, 15) is 14.4 Å². The Balaban J connectivity index is 2.33. The standard InChI is InChI=1S/C13H22N2O5/c1-13(2,7-11(17)18)6-10(16)15-12(19)14-9-4-3-5-20-8-9/h9H,3-8H2,1-2H3,(H,17,18)(H2,14,15,16,19). The number of rotatable bonds is 5. The first-order chi connectivity index (χ1) is 9.28. The van der Waals surface area contributed by atoms with Gasteiger partial charge in [0, 0.05) is 13.0 Å². The first-order valence-electron chi connectivity index (χ1n) is 6.68. The van der Waals surface area contributed by atoms with Gasteiger partial charge in [0.15, 0.2) is 0 Å². The topological polar surface area (TPSA) is 105 Å². The van der Waals surface area contributed by atoms with Crippen LogP contribution in [0.5, 0.6) is 0 Å². The minimum atomic E-state index is -0.966. The number of aliphatic carboxylic acids is 1. The molecule has 20 heavy (non-hydrogen) atoms. The summed E-state index contributed by atoms with van der Waals surface area (Å²) in [4.78, 5) is 34.0. The zero-order chi connectivity index (χ0) is 15.2. The first kappa shape index (κ1) is 16.4. The molecule has 1 fully saturated rings. The Hall–Kier alpha value is -1.63. The van der Waals surface area contributed by atoms with E-state index in [4.69, 9.17) is 9.84 Å². The van der Waals surface area contributed by atoms with E-state index in [-0.39, 0.29) is 18.9 Å². The summed E-state index contributed by atoms with van der Waals surface area (Å²) in [6.07, 6.45) is 1.56. The Kier molecular flexibility index (Phi) is 5.94. The summed E-state index contributed by atoms with van der Waals surface area (Å²) in [5.41, 5.74) is -0.690. The van der Waals surface area contributed by atoms with Crippen molar-refractivity contribution in [1.29, 1.82) is 0 Å². The molecule has 1 aliphatic heterocycles. The van der Waals surface area contributed by atoms with Gasteiger partial charge < -0.3 is 15.2 Å². The van der Waals surface area contributed by atoms with Crippen molar-refractivity contribution < 1.29 is 24.2 Å². The first-order valence-corrected chi connectivity index (χ1v) is 6.68. The van der Waals surface area contributed by atoms with E-state index in [1.54, 1.807) is 13.8 Å². The lowest BCUT2D eigenvalue weighted by molar-refractivity contribution is -0.139. The fourth-order valence-corrected chi connectivity index (χ4v) is 2.15. The highest BCUT2D eigenvalue weighted by atomic mass is 16.5. The number of carboxylic acid groups (broad SMARTS) is 1. The lowest BCUT2D eigenvalue weighted by Crippen LogP contribution is -2.48. The number of nitrogens with one attached hydrogen (secondary N) is 2. The van der Waals surface area contributed by atoms with Crippen molar-refractivity contribution in [3.05, 3.63) is 0 Å². The molecule has 0 spiro atoms. The van der Waals surface area contributed by atoms with Gasteiger partial charge in [0.2, 0.25) is 5.91 Å². The average molecular weight is 286 g/mol. The van der Waals surface area contributed by atoms with Crippen molar-refractivity contribution >= 4 is 17.9 Å². The maximum atomic E-state index is 11.7. The summed E-state index contributed by atoms with van der Waals surface area (Å²) >= 11 is 0. The average Bonchev–Trinajstić information content (AvgIpc) is 2.26. The van der Waals surface area contributed by atoms with Crippen LogP contribution < -0.4 is 10.6 Å². The van der Waals surface area contributed by atoms with E-state index < -0.39 is 23.3 Å². The van der Waals surface area contributed by atoms with Gasteiger partial charge in [-0.15, -0.1) is 0 Å². The van der Waals surface area contributed by atoms with Gasteiger partial charge in [0.1, 0.15) is 0 Å². The summed E-state index contributed by atoms with van der Waals surface area (Å²) in [6.45, 7) is 4.50. The van der Waals surface area contributed by atoms with E-state index in [2.05, 4.69) is 10.6 Å². The van der Waals surface area contributed by atoms with Crippen LogP contribution >= 0.6 is 0 Å². The molecule has 3 N–H and O–H groups in total. The molecule has 0 bridgehead atoms. The molecule has 1 saturated heterocycles. The monoisotopic (exact) mass is 286 g/mol. The smallest absolute Gasteiger partial charge is 0.321 e. The zero-order valence-electron chi connectivity index (χ0n) is 11.9. The third kappa shape index (κ3) is 6.51. The van der Waals surface area contributed by atoms with Crippen LogP contribution in [0, 0.1) is 5.41 Å². The largest absolute Gasteiger partial charge is 0.481 e. The van der Waals surface area contributed by atoms with Crippen molar-refractivity contribution in [2.75, 3.05) is 13.2 Å². The quantitative estimate of drug-likeness (QED) is 0.696. The van der Waals surface area contributed by atoms with E-state index in [0.717, 1.165) is 12.8 Å². The molecule has 1 heterocycles. The Morgan fingerprint density at radius 1 is 1.30 bits per heavy atom. The SMILES string of the molecule is CC(C)(CC(=O)O)CC(=O)NC(=O)NC1CCCOC1. The Labute approximate surface area is 118 Å². The number of urea groups is 1. The van der Waals surface area contributed by atoms with Gasteiger partial charge >= 0.3 is 12.0 Å². The molecule has 7 heteroatoms. The zero-order valence-corrected chi connectivity index (χ0v) is 11.9. The summed E-state index contributed by atoms with van der Waals surface area (Å²) in [5, 5.41) is 13.6. The molecular weight excluding hydrogens is 264 g/mol. The van der Waals surface area contributed by atoms with Gasteiger partial charge in [-0.3, -0.25) is 14.9 Å². The van der Waals surface area contributed by atoms with Crippen LogP contribution in [0.25, 0.3) is 0 Å². The minimum absolute atomic E-state index is 0.0200. The van der Waals surface area contributed by atoms with Crippen molar-refractivity contribution in [1.82, 2.24) is 10.6 Å². The third-order valence-electron chi connectivity index (χ3n) is 3.02. The molecule has 0 aromatic carbocycles. The molecule has 7 nitrogen and oxygen atoms in total. The second-order valence-electron chi connectivity index (χ2n) is 5.85. The summed E-state index contributed by atoms with van der Waals surface area (Å²) in [7, 11) is 0. The Bertz CT molecular complexity index is 375. The fraction of sp³-hybridized carbons (Fsp3) is 0.769. The van der Waals surface area contributed by atoms with Crippen LogP contribution in [0.15, 0.2) is 0 Å². The molecule has 0 radical (unpaired) electrons. The lowest BCUT2D eigenvalue weighted by Gasteiger charge is -2.24. The third-order valence-corrected chi connectivity index (χ3v) is 3.02. The molecule has 114 valence electrons. The maximum Gasteiger partial charge on any atom is 0.321 e. The van der Waals surface area contributed by atoms with Gasteiger partial charge in [-0.1, -0.05) is 13.8 Å². The number of ether oxygens (including phenoxy) is 1. The second-order valence-corrected chi connectivity index (χ2v) is 5.85. The number of hydrogen-bond donors (Lipinski definition) is 3. The predicted molar refractivity (Wildman–Crippen MR) is 71.2 cm³/mol. The fourth-order valence-electron chi connectivity index (χ4n) is 2.15. The van der Waals surface area contributed by atoms with Crippen LogP contribution in [0.4, 0.5) is 4.79 Å². The Morgan fingerprint density at radius 3 is 2.55 bits per heavy atom.